The molecule has 1 aromatic rings. The number of carbonyl (C=O) groups is 1. The maximum absolute atomic E-state index is 13.5. The highest BCUT2D eigenvalue weighted by Crippen LogP contribution is 2.31. The molecule has 0 aliphatic heterocycles. The van der Waals surface area contributed by atoms with E-state index in [0.29, 0.717) is 6.07 Å². The van der Waals surface area contributed by atoms with E-state index in [2.05, 4.69) is 0 Å². The summed E-state index contributed by atoms with van der Waals surface area (Å²) >= 11 is 0. The summed E-state index contributed by atoms with van der Waals surface area (Å²) in [6, 6.07) is 1.40. The minimum atomic E-state index is -1.57. The second kappa shape index (κ2) is 5.64. The van der Waals surface area contributed by atoms with Gasteiger partial charge in [-0.15, -0.1) is 0 Å². The minimum absolute atomic E-state index is 0.0711. The molecule has 0 amide bonds. The van der Waals surface area contributed by atoms with E-state index in [0.717, 1.165) is 6.07 Å². The maximum Gasteiger partial charge on any atom is 0.338 e. The summed E-state index contributed by atoms with van der Waals surface area (Å²) in [6.45, 7) is 5.38. The first-order valence-corrected chi connectivity index (χ1v) is 5.62. The molecule has 104 valence electrons. The number of hydrogen-bond acceptors (Lipinski definition) is 4. The first-order valence-electron chi connectivity index (χ1n) is 5.62. The van der Waals surface area contributed by atoms with Crippen molar-refractivity contribution >= 4 is 11.7 Å². The highest BCUT2D eigenvalue weighted by atomic mass is 19.1. The van der Waals surface area contributed by atoms with Crippen molar-refractivity contribution in [2.75, 3.05) is 0 Å². The van der Waals surface area contributed by atoms with Gasteiger partial charge in [-0.1, -0.05) is 13.8 Å². The molecule has 1 aromatic carbocycles. The standard InChI is InChI=1S/C12H14FNO5/c1-6(2)7(3)19-11-5-9(13)8(12(15)16)4-10(11)14(17)18/h4-7H,1-3H3,(H,15,16). The zero-order valence-corrected chi connectivity index (χ0v) is 10.7. The summed E-state index contributed by atoms with van der Waals surface area (Å²) in [4.78, 5) is 20.8. The van der Waals surface area contributed by atoms with Gasteiger partial charge in [0, 0.05) is 12.1 Å². The van der Waals surface area contributed by atoms with Crippen LogP contribution in [0, 0.1) is 21.8 Å². The Morgan fingerprint density at radius 2 is 2.00 bits per heavy atom. The molecule has 7 heteroatoms. The number of halogens is 1. The molecule has 0 aliphatic carbocycles. The minimum Gasteiger partial charge on any atom is -0.483 e. The molecule has 0 saturated heterocycles. The number of carboxylic acid groups (broad SMARTS) is 1. The van der Waals surface area contributed by atoms with Crippen molar-refractivity contribution in [1.82, 2.24) is 0 Å². The zero-order chi connectivity index (χ0) is 14.7. The molecular formula is C12H14FNO5. The first kappa shape index (κ1) is 14.9. The molecule has 1 N–H and O–H groups in total. The van der Waals surface area contributed by atoms with Crippen molar-refractivity contribution in [2.24, 2.45) is 5.92 Å². The van der Waals surface area contributed by atoms with Crippen molar-refractivity contribution in [2.45, 2.75) is 26.9 Å². The number of aromatic carboxylic acids is 1. The number of rotatable bonds is 5. The predicted molar refractivity (Wildman–Crippen MR) is 64.9 cm³/mol. The van der Waals surface area contributed by atoms with Gasteiger partial charge in [0.1, 0.15) is 11.4 Å². The Morgan fingerprint density at radius 3 is 2.42 bits per heavy atom. The quantitative estimate of drug-likeness (QED) is 0.657. The molecule has 0 spiro atoms. The van der Waals surface area contributed by atoms with Crippen LogP contribution in [0.3, 0.4) is 0 Å². The molecule has 0 aromatic heterocycles. The Bertz CT molecular complexity index is 515. The van der Waals surface area contributed by atoms with Crippen LogP contribution < -0.4 is 4.74 Å². The number of nitro benzene ring substituents is 1. The van der Waals surface area contributed by atoms with Gasteiger partial charge in [-0.25, -0.2) is 9.18 Å². The average molecular weight is 271 g/mol. The van der Waals surface area contributed by atoms with Gasteiger partial charge in [0.25, 0.3) is 0 Å². The van der Waals surface area contributed by atoms with E-state index in [1.165, 1.54) is 0 Å². The summed E-state index contributed by atoms with van der Waals surface area (Å²) in [6.07, 6.45) is -0.367. The summed E-state index contributed by atoms with van der Waals surface area (Å²) < 4.78 is 18.8. The molecule has 0 radical (unpaired) electrons. The molecule has 0 aliphatic rings. The van der Waals surface area contributed by atoms with Crippen molar-refractivity contribution in [1.29, 1.82) is 0 Å². The molecule has 0 bridgehead atoms. The van der Waals surface area contributed by atoms with Crippen molar-refractivity contribution < 1.29 is 24.0 Å². The van der Waals surface area contributed by atoms with E-state index in [4.69, 9.17) is 9.84 Å². The lowest BCUT2D eigenvalue weighted by molar-refractivity contribution is -0.386. The van der Waals surface area contributed by atoms with Gasteiger partial charge in [-0.3, -0.25) is 10.1 Å². The lowest BCUT2D eigenvalue weighted by atomic mass is 10.1. The van der Waals surface area contributed by atoms with Gasteiger partial charge >= 0.3 is 11.7 Å². The van der Waals surface area contributed by atoms with Crippen LogP contribution in [0.4, 0.5) is 10.1 Å². The molecule has 0 saturated carbocycles. The molecule has 0 heterocycles. The van der Waals surface area contributed by atoms with Crippen LogP contribution in [0.25, 0.3) is 0 Å². The third kappa shape index (κ3) is 3.40. The highest BCUT2D eigenvalue weighted by Gasteiger charge is 2.24. The van der Waals surface area contributed by atoms with E-state index < -0.39 is 28.0 Å². The number of benzene rings is 1. The van der Waals surface area contributed by atoms with Gasteiger partial charge < -0.3 is 9.84 Å². The Morgan fingerprint density at radius 1 is 1.42 bits per heavy atom. The van der Waals surface area contributed by atoms with Gasteiger partial charge in [0.15, 0.2) is 5.75 Å². The number of hydrogen-bond donors (Lipinski definition) is 1. The van der Waals surface area contributed by atoms with Crippen molar-refractivity contribution in [3.05, 3.63) is 33.6 Å². The molecule has 1 atom stereocenters. The summed E-state index contributed by atoms with van der Waals surface area (Å²) in [5.74, 6) is -2.83. The van der Waals surface area contributed by atoms with E-state index in [1.54, 1.807) is 6.92 Å². The second-order valence-corrected chi connectivity index (χ2v) is 4.43. The molecular weight excluding hydrogens is 257 g/mol. The topological polar surface area (TPSA) is 89.7 Å². The summed E-state index contributed by atoms with van der Waals surface area (Å²) in [5.41, 5.74) is -1.32. The van der Waals surface area contributed by atoms with Gasteiger partial charge in [0.05, 0.1) is 11.0 Å². The SMILES string of the molecule is CC(C)C(C)Oc1cc(F)c(C(=O)O)cc1[N+](=O)[O-]. The fraction of sp³-hybridized carbons (Fsp3) is 0.417. The maximum atomic E-state index is 13.5. The number of nitrogens with zero attached hydrogens (tertiary/aromatic N) is 1. The highest BCUT2D eigenvalue weighted by molar-refractivity contribution is 5.89. The summed E-state index contributed by atoms with van der Waals surface area (Å²) in [5, 5.41) is 19.6. The normalized spacial score (nSPS) is 12.3. The molecule has 0 fully saturated rings. The zero-order valence-electron chi connectivity index (χ0n) is 10.7. The second-order valence-electron chi connectivity index (χ2n) is 4.43. The van der Waals surface area contributed by atoms with Crippen LogP contribution >= 0.6 is 0 Å². The monoisotopic (exact) mass is 271 g/mol. The van der Waals surface area contributed by atoms with Crippen LogP contribution in [0.5, 0.6) is 5.75 Å². The van der Waals surface area contributed by atoms with E-state index in [9.17, 15) is 19.3 Å². The van der Waals surface area contributed by atoms with E-state index in [1.807, 2.05) is 13.8 Å². The summed E-state index contributed by atoms with van der Waals surface area (Å²) in [7, 11) is 0. The molecule has 6 nitrogen and oxygen atoms in total. The number of nitro groups is 1. The Kier molecular flexibility index (Phi) is 4.42. The Hall–Kier alpha value is -2.18. The molecule has 19 heavy (non-hydrogen) atoms. The molecule has 1 rings (SSSR count). The van der Waals surface area contributed by atoms with E-state index >= 15 is 0 Å². The first-order chi connectivity index (χ1) is 8.73. The lowest BCUT2D eigenvalue weighted by Gasteiger charge is -2.18. The van der Waals surface area contributed by atoms with Crippen molar-refractivity contribution in [3.63, 3.8) is 0 Å². The van der Waals surface area contributed by atoms with E-state index in [-0.39, 0.29) is 17.8 Å². The average Bonchev–Trinajstić information content (AvgIpc) is 2.27. The van der Waals surface area contributed by atoms with Gasteiger partial charge in [0.2, 0.25) is 0 Å². The van der Waals surface area contributed by atoms with Crippen LogP contribution in [0.2, 0.25) is 0 Å². The lowest BCUT2D eigenvalue weighted by Crippen LogP contribution is -2.19. The predicted octanol–water partition coefficient (Wildman–Crippen LogP) is 2.86. The smallest absolute Gasteiger partial charge is 0.338 e. The molecule has 1 unspecified atom stereocenters. The van der Waals surface area contributed by atoms with Gasteiger partial charge in [-0.2, -0.15) is 0 Å². The fourth-order valence-corrected chi connectivity index (χ4v) is 1.28. The fourth-order valence-electron chi connectivity index (χ4n) is 1.28. The van der Waals surface area contributed by atoms with Gasteiger partial charge in [-0.05, 0) is 12.8 Å². The largest absolute Gasteiger partial charge is 0.483 e. The number of carboxylic acids is 1. The third-order valence-corrected chi connectivity index (χ3v) is 2.73. The number of ether oxygens (including phenoxy) is 1. The van der Waals surface area contributed by atoms with Crippen molar-refractivity contribution in [3.8, 4) is 5.75 Å². The Labute approximate surface area is 109 Å². The van der Waals surface area contributed by atoms with Crippen LogP contribution in [-0.4, -0.2) is 22.1 Å². The third-order valence-electron chi connectivity index (χ3n) is 2.73. The Balaban J connectivity index is 3.27. The van der Waals surface area contributed by atoms with Crippen LogP contribution in [0.15, 0.2) is 12.1 Å². The van der Waals surface area contributed by atoms with Crippen LogP contribution in [-0.2, 0) is 0 Å². The van der Waals surface area contributed by atoms with Crippen LogP contribution in [0.1, 0.15) is 31.1 Å².